The summed E-state index contributed by atoms with van der Waals surface area (Å²) in [6.45, 7) is 18.4. The maximum atomic E-state index is 13.8. The summed E-state index contributed by atoms with van der Waals surface area (Å²) >= 11 is 2.15. The van der Waals surface area contributed by atoms with Crippen LogP contribution in [-0.4, -0.2) is 99.2 Å². The first-order chi connectivity index (χ1) is 37.4. The summed E-state index contributed by atoms with van der Waals surface area (Å²) in [5, 5.41) is 0. The molecule has 0 saturated heterocycles. The van der Waals surface area contributed by atoms with Gasteiger partial charge in [-0.15, -0.1) is 0 Å². The summed E-state index contributed by atoms with van der Waals surface area (Å²) in [7, 11) is 0. The van der Waals surface area contributed by atoms with Gasteiger partial charge in [0.25, 0.3) is 5.70 Å². The van der Waals surface area contributed by atoms with Crippen LogP contribution in [0.2, 0.25) is 0 Å². The number of ether oxygens (including phenoxy) is 9. The fraction of sp³-hybridized carbons (Fsp3) is 0.655. The molecule has 0 atom stereocenters. The van der Waals surface area contributed by atoms with Gasteiger partial charge in [0.15, 0.2) is 0 Å². The van der Waals surface area contributed by atoms with E-state index in [1.54, 1.807) is 19.1 Å². The van der Waals surface area contributed by atoms with Crippen LogP contribution in [0, 0.1) is 30.2 Å². The minimum Gasteiger partial charge on any atom is -0.471 e. The van der Waals surface area contributed by atoms with Gasteiger partial charge in [-0.1, -0.05) is 49.5 Å². The Morgan fingerprint density at radius 2 is 0.857 bits per heavy atom. The summed E-state index contributed by atoms with van der Waals surface area (Å²) in [6.07, 6.45) is 19.6. The fourth-order valence-corrected chi connectivity index (χ4v) is 12.8. The third kappa shape index (κ3) is 19.6. The van der Waals surface area contributed by atoms with Gasteiger partial charge in [0, 0.05) is 25.4 Å². The third-order valence-electron chi connectivity index (χ3n) is 14.8. The lowest BCUT2D eigenvalue weighted by Gasteiger charge is -2.31. The Morgan fingerprint density at radius 1 is 0.506 bits per heavy atom. The van der Waals surface area contributed by atoms with Crippen LogP contribution < -0.4 is 9.47 Å². The molecule has 4 fully saturated rings. The summed E-state index contributed by atoms with van der Waals surface area (Å²) in [4.78, 5) is 93.5. The number of rotatable bonds is 28. The highest BCUT2D eigenvalue weighted by atomic mass is 32.2. The van der Waals surface area contributed by atoms with Crippen molar-refractivity contribution in [1.82, 2.24) is 0 Å². The second kappa shape index (κ2) is 32.7. The van der Waals surface area contributed by atoms with Gasteiger partial charge >= 0.3 is 41.8 Å². The first-order valence-electron chi connectivity index (χ1n) is 27.9. The first-order valence-corrected chi connectivity index (χ1v) is 29.5. The Balaban J connectivity index is 0.921. The van der Waals surface area contributed by atoms with Crippen molar-refractivity contribution in [2.75, 3.05) is 33.0 Å². The van der Waals surface area contributed by atoms with Gasteiger partial charge in [0.1, 0.15) is 23.7 Å². The molecule has 0 spiro atoms. The molecule has 0 bridgehead atoms. The molecule has 1 aromatic rings. The summed E-state index contributed by atoms with van der Waals surface area (Å²) in [5.74, 6) is -4.16. The van der Waals surface area contributed by atoms with Crippen molar-refractivity contribution in [3.63, 3.8) is 0 Å². The van der Waals surface area contributed by atoms with Crippen LogP contribution in [-0.2, 0) is 66.7 Å². The van der Waals surface area contributed by atoms with E-state index in [4.69, 9.17) is 49.2 Å². The Kier molecular flexibility index (Phi) is 25.9. The van der Waals surface area contributed by atoms with Crippen molar-refractivity contribution in [2.24, 2.45) is 23.7 Å². The van der Waals surface area contributed by atoms with E-state index in [9.17, 15) is 33.6 Å². The quantitative estimate of drug-likeness (QED) is 0.0191. The average molecular weight is 1110 g/mol. The average Bonchev–Trinajstić information content (AvgIpc) is 3.89. The molecule has 0 radical (unpaired) electrons. The maximum absolute atomic E-state index is 13.8. The smallest absolute Gasteiger partial charge is 0.338 e. The predicted molar refractivity (Wildman–Crippen MR) is 286 cm³/mol. The fourth-order valence-electron chi connectivity index (χ4n) is 10.3. The van der Waals surface area contributed by atoms with E-state index in [2.05, 4.69) is 18.0 Å². The van der Waals surface area contributed by atoms with Crippen LogP contribution in [0.4, 0.5) is 0 Å². The lowest BCUT2D eigenvalue weighted by atomic mass is 9.82. The third-order valence-corrected chi connectivity index (χ3v) is 17.4. The van der Waals surface area contributed by atoms with Gasteiger partial charge in [-0.3, -0.25) is 24.0 Å². The number of carbonyl (C=O) groups is 7. The molecular weight excluding hydrogens is 1030 g/mol. The zero-order chi connectivity index (χ0) is 54.9. The number of hydrogen-bond acceptors (Lipinski definition) is 18. The van der Waals surface area contributed by atoms with Crippen molar-refractivity contribution in [3.8, 4) is 11.5 Å². The van der Waals surface area contributed by atoms with E-state index in [0.717, 1.165) is 138 Å². The normalized spacial score (nSPS) is 23.9. The van der Waals surface area contributed by atoms with E-state index in [1.807, 2.05) is 0 Å². The lowest BCUT2D eigenvalue weighted by Crippen LogP contribution is -2.33. The van der Waals surface area contributed by atoms with Crippen LogP contribution in [0.3, 0.4) is 0 Å². The number of esters is 7. The molecule has 0 unspecified atom stereocenters. The molecule has 422 valence electrons. The molecule has 0 amide bonds. The van der Waals surface area contributed by atoms with Crippen molar-refractivity contribution >= 4 is 65.3 Å². The number of fused-ring (bicyclic) bond motifs is 1. The molecule has 77 heavy (non-hydrogen) atoms. The Hall–Kier alpha value is -5.16. The van der Waals surface area contributed by atoms with Gasteiger partial charge in [-0.05, 0) is 160 Å². The van der Waals surface area contributed by atoms with Crippen molar-refractivity contribution in [1.29, 1.82) is 0 Å². The number of nitrogens with zero attached hydrogens (tertiary/aromatic N) is 1. The molecule has 1 aliphatic heterocycles. The molecule has 19 heteroatoms. The number of benzene rings is 1. The largest absolute Gasteiger partial charge is 0.471 e. The molecule has 17 nitrogen and oxygen atoms in total. The van der Waals surface area contributed by atoms with E-state index < -0.39 is 41.7 Å². The van der Waals surface area contributed by atoms with Crippen molar-refractivity contribution in [2.45, 2.75) is 195 Å². The highest BCUT2D eigenvalue weighted by molar-refractivity contribution is 8.24. The minimum absolute atomic E-state index is 0.0673. The summed E-state index contributed by atoms with van der Waals surface area (Å²) < 4.78 is 51.6. The maximum Gasteiger partial charge on any atom is 0.338 e. The van der Waals surface area contributed by atoms with E-state index in [0.29, 0.717) is 91.8 Å². The summed E-state index contributed by atoms with van der Waals surface area (Å²) in [6, 6.07) is 3.11. The van der Waals surface area contributed by atoms with Crippen LogP contribution in [0.5, 0.6) is 11.5 Å². The predicted octanol–water partition coefficient (Wildman–Crippen LogP) is 11.3. The molecular formula is C58H77NO16S2. The number of unbranched alkanes of at least 4 members (excludes halogenated alkanes) is 6. The second-order valence-electron chi connectivity index (χ2n) is 20.3. The van der Waals surface area contributed by atoms with Gasteiger partial charge in [-0.2, -0.15) is 0 Å². The highest BCUT2D eigenvalue weighted by Gasteiger charge is 2.38. The zero-order valence-corrected chi connectivity index (χ0v) is 46.3. The van der Waals surface area contributed by atoms with Crippen LogP contribution in [0.25, 0.3) is 4.85 Å². The van der Waals surface area contributed by atoms with Gasteiger partial charge in [-0.25, -0.2) is 14.4 Å². The Morgan fingerprint density at radius 3 is 1.21 bits per heavy atom. The Bertz CT molecular complexity index is 2130. The molecule has 6 rings (SSSR count). The number of hydrogen-bond donors (Lipinski definition) is 0. The molecule has 1 heterocycles. The lowest BCUT2D eigenvalue weighted by molar-refractivity contribution is -0.160. The Labute approximate surface area is 461 Å². The number of carbonyl (C=O) groups excluding carboxylic acids is 7. The first kappa shape index (κ1) is 61.1. The monoisotopic (exact) mass is 1110 g/mol. The van der Waals surface area contributed by atoms with E-state index in [-0.39, 0.29) is 72.0 Å². The number of thioether (sulfide) groups is 2. The van der Waals surface area contributed by atoms with Crippen molar-refractivity contribution in [3.05, 3.63) is 58.8 Å². The van der Waals surface area contributed by atoms with Crippen LogP contribution in [0.15, 0.2) is 57.2 Å². The molecule has 1 aromatic carbocycles. The molecule has 0 aromatic heterocycles. The molecule has 4 saturated carbocycles. The van der Waals surface area contributed by atoms with Crippen LogP contribution >= 0.6 is 23.5 Å². The molecule has 5 aliphatic rings. The second-order valence-corrected chi connectivity index (χ2v) is 22.6. The topological polar surface area (TPSA) is 207 Å². The van der Waals surface area contributed by atoms with E-state index >= 15 is 0 Å². The van der Waals surface area contributed by atoms with Gasteiger partial charge in [0.05, 0.1) is 76.3 Å². The summed E-state index contributed by atoms with van der Waals surface area (Å²) in [5.41, 5.74) is -0.235. The van der Waals surface area contributed by atoms with Gasteiger partial charge < -0.3 is 42.6 Å². The van der Waals surface area contributed by atoms with Crippen molar-refractivity contribution < 1.29 is 76.2 Å². The van der Waals surface area contributed by atoms with Gasteiger partial charge in [0.2, 0.25) is 0 Å². The SMILES string of the molecule is [C-]#[N+]C(C(=O)OCC)=C1Sc2c(OC(=O)C3CCC(C(=O)OC4CCC(OCCCCCCOC(=O)C=C)CC4)CC3)ccc(OC(=O)C3CCC(C(=O)OC4CCC(OCCCCCCOC(=O)C=C)CC4)CC3)c2S1. The zero-order valence-electron chi connectivity index (χ0n) is 44.6. The van der Waals surface area contributed by atoms with Crippen LogP contribution in [0.1, 0.15) is 161 Å². The molecule has 0 N–H and O–H groups in total. The minimum atomic E-state index is -0.792. The van der Waals surface area contributed by atoms with E-state index in [1.165, 1.54) is 0 Å². The molecule has 4 aliphatic carbocycles. The standard InChI is InChI=1S/C58H77NO16S2/c1-5-48(60)70-36-14-10-8-12-34-68-42-24-28-44(29-25-42)72-53(62)38-16-20-40(21-17-38)55(64)74-46-32-33-47(52-51(46)76-58(77-52)50(59-4)57(66)67-7-3)75-56(65)41-22-18-39(19-23-41)54(63)73-45-30-26-43(27-31-45)69-35-13-9-11-15-37-71-49(61)6-2/h5-6,32-33,38-45H,1-2,7-31,34-37H2,3H3. The highest BCUT2D eigenvalue weighted by Crippen LogP contribution is 2.59.